The van der Waals surface area contributed by atoms with Gasteiger partial charge in [0.1, 0.15) is 18.1 Å². The van der Waals surface area contributed by atoms with Crippen molar-refractivity contribution in [3.05, 3.63) is 60.7 Å². The van der Waals surface area contributed by atoms with E-state index in [-0.39, 0.29) is 0 Å². The highest BCUT2D eigenvalue weighted by Crippen LogP contribution is 2.34. The fraction of sp³-hybridized carbons (Fsp3) is 0.118. The highest BCUT2D eigenvalue weighted by Gasteiger charge is 2.11. The van der Waals surface area contributed by atoms with Gasteiger partial charge in [0.2, 0.25) is 0 Å². The van der Waals surface area contributed by atoms with Crippen LogP contribution in [-0.4, -0.2) is 20.0 Å². The molecular weight excluding hydrogens is 252 g/mol. The maximum Gasteiger partial charge on any atom is 0.150 e. The molecule has 0 N–H and O–H groups in total. The summed E-state index contributed by atoms with van der Waals surface area (Å²) in [5.41, 5.74) is 2.32. The Balaban J connectivity index is 2.53. The summed E-state index contributed by atoms with van der Waals surface area (Å²) < 4.78 is 10.9. The summed E-state index contributed by atoms with van der Waals surface area (Å²) in [6.45, 7) is 4.03. The van der Waals surface area contributed by atoms with Gasteiger partial charge >= 0.3 is 0 Å². The Hall–Kier alpha value is -2.55. The first kappa shape index (κ1) is 13.9. The van der Waals surface area contributed by atoms with Gasteiger partial charge in [-0.15, -0.1) is 0 Å². The van der Waals surface area contributed by atoms with E-state index >= 15 is 0 Å². The van der Waals surface area contributed by atoms with Crippen molar-refractivity contribution in [2.45, 2.75) is 0 Å². The highest BCUT2D eigenvalue weighted by molar-refractivity contribution is 5.89. The Morgan fingerprint density at radius 2 is 1.95 bits per heavy atom. The quantitative estimate of drug-likeness (QED) is 0.591. The van der Waals surface area contributed by atoms with E-state index < -0.39 is 0 Å². The highest BCUT2D eigenvalue weighted by atomic mass is 16.5. The average Bonchev–Trinajstić information content (AvgIpc) is 2.52. The lowest BCUT2D eigenvalue weighted by Gasteiger charge is -2.13. The molecule has 0 heterocycles. The third-order valence-electron chi connectivity index (χ3n) is 2.92. The fourth-order valence-electron chi connectivity index (χ4n) is 1.97. The van der Waals surface area contributed by atoms with E-state index in [0.717, 1.165) is 17.4 Å². The molecule has 0 aliphatic rings. The van der Waals surface area contributed by atoms with Crippen molar-refractivity contribution in [3.8, 4) is 22.6 Å². The smallest absolute Gasteiger partial charge is 0.150 e. The van der Waals surface area contributed by atoms with E-state index in [4.69, 9.17) is 9.47 Å². The zero-order chi connectivity index (χ0) is 14.4. The third-order valence-corrected chi connectivity index (χ3v) is 2.92. The number of methoxy groups -OCH3 is 1. The second kappa shape index (κ2) is 6.57. The van der Waals surface area contributed by atoms with Crippen LogP contribution in [0.5, 0.6) is 11.5 Å². The molecule has 2 aromatic carbocycles. The van der Waals surface area contributed by atoms with Crippen LogP contribution in [0.1, 0.15) is 10.4 Å². The van der Waals surface area contributed by atoms with Gasteiger partial charge in [-0.05, 0) is 17.7 Å². The van der Waals surface area contributed by atoms with Gasteiger partial charge in [-0.1, -0.05) is 36.9 Å². The summed E-state index contributed by atoms with van der Waals surface area (Å²) in [6, 6.07) is 12.9. The van der Waals surface area contributed by atoms with Gasteiger partial charge in [0.25, 0.3) is 0 Å². The number of carbonyl (C=O) groups is 1. The molecule has 3 heteroatoms. The van der Waals surface area contributed by atoms with Crippen molar-refractivity contribution in [1.29, 1.82) is 0 Å². The SMILES string of the molecule is C=CCOc1cc(OC)ccc1-c1ccccc1C=O. The Labute approximate surface area is 118 Å². The summed E-state index contributed by atoms with van der Waals surface area (Å²) in [4.78, 5) is 11.2. The number of hydrogen-bond donors (Lipinski definition) is 0. The van der Waals surface area contributed by atoms with Crippen LogP contribution in [0, 0.1) is 0 Å². The van der Waals surface area contributed by atoms with Crippen molar-refractivity contribution in [2.24, 2.45) is 0 Å². The molecule has 2 aromatic rings. The van der Waals surface area contributed by atoms with E-state index in [2.05, 4.69) is 6.58 Å². The molecule has 0 unspecified atom stereocenters. The molecular formula is C17H16O3. The van der Waals surface area contributed by atoms with Crippen LogP contribution in [-0.2, 0) is 0 Å². The molecule has 0 spiro atoms. The molecule has 102 valence electrons. The second-order valence-electron chi connectivity index (χ2n) is 4.17. The summed E-state index contributed by atoms with van der Waals surface area (Å²) in [7, 11) is 1.60. The Bertz CT molecular complexity index is 617. The molecule has 3 nitrogen and oxygen atoms in total. The molecule has 0 aromatic heterocycles. The first-order valence-corrected chi connectivity index (χ1v) is 6.26. The Morgan fingerprint density at radius 1 is 1.15 bits per heavy atom. The molecule has 0 saturated heterocycles. The van der Waals surface area contributed by atoms with Crippen molar-refractivity contribution in [1.82, 2.24) is 0 Å². The van der Waals surface area contributed by atoms with E-state index in [0.29, 0.717) is 23.7 Å². The van der Waals surface area contributed by atoms with Gasteiger partial charge in [-0.25, -0.2) is 0 Å². The Morgan fingerprint density at radius 3 is 2.65 bits per heavy atom. The van der Waals surface area contributed by atoms with Crippen molar-refractivity contribution in [3.63, 3.8) is 0 Å². The van der Waals surface area contributed by atoms with E-state index in [9.17, 15) is 4.79 Å². The minimum absolute atomic E-state index is 0.392. The number of hydrogen-bond acceptors (Lipinski definition) is 3. The van der Waals surface area contributed by atoms with Gasteiger partial charge in [-0.3, -0.25) is 4.79 Å². The maximum absolute atomic E-state index is 11.2. The van der Waals surface area contributed by atoms with E-state index in [1.165, 1.54) is 0 Å². The van der Waals surface area contributed by atoms with Gasteiger partial charge < -0.3 is 9.47 Å². The summed E-state index contributed by atoms with van der Waals surface area (Å²) in [5.74, 6) is 1.37. The van der Waals surface area contributed by atoms with E-state index in [1.54, 1.807) is 25.3 Å². The number of aldehydes is 1. The summed E-state index contributed by atoms with van der Waals surface area (Å²) >= 11 is 0. The number of rotatable bonds is 6. The molecule has 0 bridgehead atoms. The third kappa shape index (κ3) is 2.88. The monoisotopic (exact) mass is 268 g/mol. The Kier molecular flexibility index (Phi) is 4.56. The minimum atomic E-state index is 0.392. The first-order chi connectivity index (χ1) is 9.80. The van der Waals surface area contributed by atoms with Crippen LogP contribution in [0.15, 0.2) is 55.1 Å². The minimum Gasteiger partial charge on any atom is -0.497 e. The second-order valence-corrected chi connectivity index (χ2v) is 4.17. The molecule has 2 rings (SSSR count). The van der Waals surface area contributed by atoms with Crippen molar-refractivity contribution >= 4 is 6.29 Å². The lowest BCUT2D eigenvalue weighted by molar-refractivity contribution is 0.112. The van der Waals surface area contributed by atoms with Crippen LogP contribution in [0.25, 0.3) is 11.1 Å². The number of ether oxygens (including phenoxy) is 2. The molecule has 20 heavy (non-hydrogen) atoms. The molecule has 0 fully saturated rings. The standard InChI is InChI=1S/C17H16O3/c1-3-10-20-17-11-14(19-2)8-9-16(17)15-7-5-4-6-13(15)12-18/h3-9,11-12H,1,10H2,2H3. The molecule has 0 aliphatic carbocycles. The predicted molar refractivity (Wildman–Crippen MR) is 79.5 cm³/mol. The lowest BCUT2D eigenvalue weighted by Crippen LogP contribution is -1.97. The number of benzene rings is 2. The predicted octanol–water partition coefficient (Wildman–Crippen LogP) is 3.74. The van der Waals surface area contributed by atoms with Crippen LogP contribution in [0.3, 0.4) is 0 Å². The molecule has 0 atom stereocenters. The lowest BCUT2D eigenvalue weighted by atomic mass is 9.99. The van der Waals surface area contributed by atoms with Gasteiger partial charge in [0.05, 0.1) is 7.11 Å². The van der Waals surface area contributed by atoms with Gasteiger partial charge in [-0.2, -0.15) is 0 Å². The summed E-state index contributed by atoms with van der Waals surface area (Å²) in [6.07, 6.45) is 2.52. The topological polar surface area (TPSA) is 35.5 Å². The normalized spacial score (nSPS) is 9.85. The van der Waals surface area contributed by atoms with Gasteiger partial charge in [0, 0.05) is 17.2 Å². The first-order valence-electron chi connectivity index (χ1n) is 6.26. The van der Waals surface area contributed by atoms with Crippen molar-refractivity contribution < 1.29 is 14.3 Å². The molecule has 0 aliphatic heterocycles. The van der Waals surface area contributed by atoms with Crippen LogP contribution in [0.4, 0.5) is 0 Å². The number of carbonyl (C=O) groups excluding carboxylic acids is 1. The zero-order valence-corrected chi connectivity index (χ0v) is 11.3. The van der Waals surface area contributed by atoms with Crippen molar-refractivity contribution in [2.75, 3.05) is 13.7 Å². The average molecular weight is 268 g/mol. The van der Waals surface area contributed by atoms with Crippen LogP contribution < -0.4 is 9.47 Å². The van der Waals surface area contributed by atoms with Crippen LogP contribution >= 0.6 is 0 Å². The fourth-order valence-corrected chi connectivity index (χ4v) is 1.97. The van der Waals surface area contributed by atoms with Crippen LogP contribution in [0.2, 0.25) is 0 Å². The maximum atomic E-state index is 11.2. The largest absolute Gasteiger partial charge is 0.497 e. The zero-order valence-electron chi connectivity index (χ0n) is 11.3. The summed E-state index contributed by atoms with van der Waals surface area (Å²) in [5, 5.41) is 0. The van der Waals surface area contributed by atoms with E-state index in [1.807, 2.05) is 30.3 Å². The molecule has 0 saturated carbocycles. The van der Waals surface area contributed by atoms with Gasteiger partial charge in [0.15, 0.2) is 6.29 Å². The molecule has 0 amide bonds. The molecule has 0 radical (unpaired) electrons.